The van der Waals surface area contributed by atoms with Crippen LogP contribution in [0.3, 0.4) is 0 Å². The van der Waals surface area contributed by atoms with Crippen molar-refractivity contribution in [1.82, 2.24) is 0 Å². The number of aliphatic hydroxyl groups excluding tert-OH is 1. The Morgan fingerprint density at radius 1 is 1.69 bits per heavy atom. The van der Waals surface area contributed by atoms with Gasteiger partial charge >= 0.3 is 0 Å². The Morgan fingerprint density at radius 2 is 2.38 bits per heavy atom. The van der Waals surface area contributed by atoms with Crippen molar-refractivity contribution in [2.24, 2.45) is 0 Å². The zero-order chi connectivity index (χ0) is 9.84. The highest BCUT2D eigenvalue weighted by Gasteiger charge is 2.11. The van der Waals surface area contributed by atoms with Gasteiger partial charge in [-0.2, -0.15) is 16.6 Å². The zero-order valence-electron chi connectivity index (χ0n) is 6.94. The van der Waals surface area contributed by atoms with Crippen LogP contribution in [0, 0.1) is 11.3 Å². The van der Waals surface area contributed by atoms with E-state index in [1.54, 1.807) is 22.9 Å². The molecule has 0 bridgehead atoms. The van der Waals surface area contributed by atoms with E-state index in [0.717, 1.165) is 0 Å². The number of nitrogens with zero attached hydrogens (tertiary/aromatic N) is 1. The van der Waals surface area contributed by atoms with Gasteiger partial charge in [0.2, 0.25) is 0 Å². The highest BCUT2D eigenvalue weighted by molar-refractivity contribution is 7.08. The Labute approximate surface area is 79.6 Å². The molecule has 3 nitrogen and oxygen atoms in total. The van der Waals surface area contributed by atoms with E-state index in [0.29, 0.717) is 5.56 Å². The summed E-state index contributed by atoms with van der Waals surface area (Å²) in [5, 5.41) is 21.5. The molecule has 0 atom stereocenters. The Balaban J connectivity index is 3.19. The molecule has 13 heavy (non-hydrogen) atoms. The number of hydrogen-bond donors (Lipinski definition) is 1. The second-order valence-corrected chi connectivity index (χ2v) is 3.18. The molecule has 0 amide bonds. The molecule has 0 aliphatic carbocycles. The quantitative estimate of drug-likeness (QED) is 0.444. The second-order valence-electron chi connectivity index (χ2n) is 2.40. The summed E-state index contributed by atoms with van der Waals surface area (Å²) in [6.07, 6.45) is 0. The monoisotopic (exact) mass is 193 g/mol. The minimum atomic E-state index is -0.425. The fourth-order valence-electron chi connectivity index (χ4n) is 0.842. The largest absolute Gasteiger partial charge is 0.506 e. The first kappa shape index (κ1) is 9.49. The van der Waals surface area contributed by atoms with Gasteiger partial charge in [-0.25, -0.2) is 0 Å². The number of ketones is 1. The molecule has 0 aliphatic heterocycles. The number of carbonyl (C=O) groups excluding carboxylic acids is 1. The van der Waals surface area contributed by atoms with Crippen molar-refractivity contribution in [3.8, 4) is 6.07 Å². The lowest BCUT2D eigenvalue weighted by Crippen LogP contribution is -1.98. The van der Waals surface area contributed by atoms with Crippen LogP contribution in [0.15, 0.2) is 22.4 Å². The number of carbonyl (C=O) groups is 1. The summed E-state index contributed by atoms with van der Waals surface area (Å²) >= 11 is 1.39. The maximum Gasteiger partial charge on any atom is 0.174 e. The molecule has 0 unspecified atom stereocenters. The number of rotatable bonds is 2. The van der Waals surface area contributed by atoms with Crippen LogP contribution in [-0.4, -0.2) is 10.9 Å². The maximum absolute atomic E-state index is 10.9. The molecule has 4 heteroatoms. The third-order valence-electron chi connectivity index (χ3n) is 1.50. The molecule has 0 aromatic carbocycles. The van der Waals surface area contributed by atoms with E-state index < -0.39 is 5.78 Å². The Kier molecular flexibility index (Phi) is 2.83. The normalized spacial score (nSPS) is 11.7. The molecule has 1 aromatic rings. The molecule has 0 saturated carbocycles. The summed E-state index contributed by atoms with van der Waals surface area (Å²) in [5.41, 5.74) is 0.315. The number of Topliss-reactive ketones (excluding diaryl/α,β-unsaturated/α-hetero) is 1. The molecule has 0 saturated heterocycles. The molecule has 1 rings (SSSR count). The third-order valence-corrected chi connectivity index (χ3v) is 2.18. The molecule has 1 N–H and O–H groups in total. The summed E-state index contributed by atoms with van der Waals surface area (Å²) in [5.74, 6) is -0.664. The highest BCUT2D eigenvalue weighted by Crippen LogP contribution is 2.18. The molecular weight excluding hydrogens is 186 g/mol. The predicted molar refractivity (Wildman–Crippen MR) is 50.2 cm³/mol. The van der Waals surface area contributed by atoms with Crippen molar-refractivity contribution >= 4 is 22.9 Å². The summed E-state index contributed by atoms with van der Waals surface area (Å²) in [6.45, 7) is 1.25. The summed E-state index contributed by atoms with van der Waals surface area (Å²) in [4.78, 5) is 10.9. The van der Waals surface area contributed by atoms with Gasteiger partial charge in [0.1, 0.15) is 17.4 Å². The SMILES string of the molecule is CC(=O)C(C#N)=C(O)c1ccsc1. The minimum Gasteiger partial charge on any atom is -0.506 e. The molecule has 0 spiro atoms. The minimum absolute atomic E-state index is 0.196. The Morgan fingerprint density at radius 3 is 2.77 bits per heavy atom. The van der Waals surface area contributed by atoms with Gasteiger partial charge in [-0.05, 0) is 11.4 Å². The van der Waals surface area contributed by atoms with Crippen molar-refractivity contribution < 1.29 is 9.90 Å². The number of nitriles is 1. The maximum atomic E-state index is 10.9. The van der Waals surface area contributed by atoms with E-state index in [4.69, 9.17) is 5.26 Å². The summed E-state index contributed by atoms with van der Waals surface area (Å²) in [6, 6.07) is 3.33. The van der Waals surface area contributed by atoms with E-state index >= 15 is 0 Å². The smallest absolute Gasteiger partial charge is 0.174 e. The topological polar surface area (TPSA) is 61.1 Å². The van der Waals surface area contributed by atoms with Gasteiger partial charge in [0.05, 0.1) is 0 Å². The van der Waals surface area contributed by atoms with Crippen molar-refractivity contribution in [2.75, 3.05) is 0 Å². The van der Waals surface area contributed by atoms with Gasteiger partial charge in [-0.3, -0.25) is 4.79 Å². The number of allylic oxidation sites excluding steroid dienone is 1. The van der Waals surface area contributed by atoms with Crippen LogP contribution in [0.25, 0.3) is 5.76 Å². The zero-order valence-corrected chi connectivity index (χ0v) is 7.76. The predicted octanol–water partition coefficient (Wildman–Crippen LogP) is 2.13. The third kappa shape index (κ3) is 1.95. The van der Waals surface area contributed by atoms with Crippen LogP contribution in [0.4, 0.5) is 0 Å². The average Bonchev–Trinajstić information content (AvgIpc) is 2.56. The molecule has 1 heterocycles. The van der Waals surface area contributed by atoms with Crippen LogP contribution >= 0.6 is 11.3 Å². The molecule has 66 valence electrons. The number of aliphatic hydroxyl groups is 1. The van der Waals surface area contributed by atoms with E-state index in [-0.39, 0.29) is 11.3 Å². The van der Waals surface area contributed by atoms with Crippen LogP contribution in [0.1, 0.15) is 12.5 Å². The lowest BCUT2D eigenvalue weighted by atomic mass is 10.1. The lowest BCUT2D eigenvalue weighted by Gasteiger charge is -1.97. The van der Waals surface area contributed by atoms with Crippen LogP contribution in [-0.2, 0) is 4.79 Å². The number of thiophene rings is 1. The van der Waals surface area contributed by atoms with E-state index in [2.05, 4.69) is 0 Å². The van der Waals surface area contributed by atoms with E-state index in [9.17, 15) is 9.90 Å². The van der Waals surface area contributed by atoms with Gasteiger partial charge in [0, 0.05) is 17.9 Å². The van der Waals surface area contributed by atoms with Crippen molar-refractivity contribution in [2.45, 2.75) is 6.92 Å². The fraction of sp³-hybridized carbons (Fsp3) is 0.111. The first-order chi connectivity index (χ1) is 6.16. The number of hydrogen-bond acceptors (Lipinski definition) is 4. The van der Waals surface area contributed by atoms with Crippen LogP contribution < -0.4 is 0 Å². The van der Waals surface area contributed by atoms with Crippen LogP contribution in [0.5, 0.6) is 0 Å². The lowest BCUT2D eigenvalue weighted by molar-refractivity contribution is -0.113. The molecule has 1 aromatic heterocycles. The average molecular weight is 193 g/mol. The first-order valence-corrected chi connectivity index (χ1v) is 4.48. The van der Waals surface area contributed by atoms with E-state index in [1.807, 2.05) is 0 Å². The Bertz CT molecular complexity index is 384. The second kappa shape index (κ2) is 3.87. The van der Waals surface area contributed by atoms with Gasteiger partial charge in [0.15, 0.2) is 5.78 Å². The van der Waals surface area contributed by atoms with Crippen molar-refractivity contribution in [1.29, 1.82) is 5.26 Å². The van der Waals surface area contributed by atoms with Gasteiger partial charge in [-0.1, -0.05) is 0 Å². The summed E-state index contributed by atoms with van der Waals surface area (Å²) in [7, 11) is 0. The van der Waals surface area contributed by atoms with Gasteiger partial charge < -0.3 is 5.11 Å². The highest BCUT2D eigenvalue weighted by atomic mass is 32.1. The van der Waals surface area contributed by atoms with Crippen LogP contribution in [0.2, 0.25) is 0 Å². The van der Waals surface area contributed by atoms with Crippen molar-refractivity contribution in [3.05, 3.63) is 28.0 Å². The Hall–Kier alpha value is -1.60. The summed E-state index contributed by atoms with van der Waals surface area (Å²) < 4.78 is 0. The standard InChI is InChI=1S/C9H7NO2S/c1-6(11)8(4-10)9(12)7-2-3-13-5-7/h2-3,5,12H,1H3. The first-order valence-electron chi connectivity index (χ1n) is 3.53. The molecule has 0 fully saturated rings. The van der Waals surface area contributed by atoms with Gasteiger partial charge in [0.25, 0.3) is 0 Å². The van der Waals surface area contributed by atoms with E-state index in [1.165, 1.54) is 18.3 Å². The van der Waals surface area contributed by atoms with Gasteiger partial charge in [-0.15, -0.1) is 0 Å². The molecular formula is C9H7NO2S. The molecule has 0 aliphatic rings. The fourth-order valence-corrected chi connectivity index (χ4v) is 1.48. The molecule has 0 radical (unpaired) electrons. The van der Waals surface area contributed by atoms with Crippen molar-refractivity contribution in [3.63, 3.8) is 0 Å².